The Labute approximate surface area is 192 Å². The lowest BCUT2D eigenvalue weighted by molar-refractivity contribution is -0.119. The zero-order valence-electron chi connectivity index (χ0n) is 16.4. The van der Waals surface area contributed by atoms with Crippen molar-refractivity contribution >= 4 is 56.6 Å². The average Bonchev–Trinajstić information content (AvgIpc) is 3.25. The van der Waals surface area contributed by atoms with Crippen LogP contribution in [0.1, 0.15) is 25.7 Å². The molecule has 0 radical (unpaired) electrons. The molecule has 1 saturated carbocycles. The predicted octanol–water partition coefficient (Wildman–Crippen LogP) is 4.98. The van der Waals surface area contributed by atoms with Gasteiger partial charge in [0.1, 0.15) is 6.54 Å². The van der Waals surface area contributed by atoms with Crippen molar-refractivity contribution < 1.29 is 13.2 Å². The summed E-state index contributed by atoms with van der Waals surface area (Å²) < 4.78 is 27.6. The van der Waals surface area contributed by atoms with Gasteiger partial charge >= 0.3 is 0 Å². The summed E-state index contributed by atoms with van der Waals surface area (Å²) in [6.07, 6.45) is 5.01. The zero-order valence-corrected chi connectivity index (χ0v) is 19.5. The second kappa shape index (κ2) is 10.8. The number of nitrogens with one attached hydrogen (secondary N) is 1. The van der Waals surface area contributed by atoms with E-state index in [2.05, 4.69) is 5.32 Å². The number of sulfonamides is 1. The number of thioether (sulfide) groups is 1. The number of carbonyl (C=O) groups is 1. The van der Waals surface area contributed by atoms with E-state index in [0.717, 1.165) is 10.1 Å². The first-order chi connectivity index (χ1) is 14.4. The second-order valence-electron chi connectivity index (χ2n) is 7.05. The number of halogens is 2. The number of rotatable bonds is 9. The third-order valence-electron chi connectivity index (χ3n) is 4.88. The first kappa shape index (κ1) is 23.3. The van der Waals surface area contributed by atoms with Crippen molar-refractivity contribution in [1.29, 1.82) is 0 Å². The van der Waals surface area contributed by atoms with Crippen LogP contribution in [0.25, 0.3) is 0 Å². The number of carbonyl (C=O) groups excluding carboxylic acids is 1. The van der Waals surface area contributed by atoms with Crippen molar-refractivity contribution in [2.75, 3.05) is 23.1 Å². The Morgan fingerprint density at radius 3 is 2.50 bits per heavy atom. The highest BCUT2D eigenvalue weighted by molar-refractivity contribution is 7.99. The Morgan fingerprint density at radius 2 is 1.80 bits per heavy atom. The Hall–Kier alpha value is -1.41. The van der Waals surface area contributed by atoms with Crippen molar-refractivity contribution in [3.05, 3.63) is 58.6 Å². The smallest absolute Gasteiger partial charge is 0.264 e. The Balaban J connectivity index is 1.74. The van der Waals surface area contributed by atoms with Crippen molar-refractivity contribution in [2.24, 2.45) is 0 Å². The molecule has 1 aliphatic carbocycles. The molecule has 0 atom stereocenters. The van der Waals surface area contributed by atoms with E-state index in [0.29, 0.717) is 16.8 Å². The van der Waals surface area contributed by atoms with Crippen LogP contribution in [0.2, 0.25) is 10.0 Å². The molecule has 2 aromatic rings. The van der Waals surface area contributed by atoms with E-state index in [1.54, 1.807) is 24.3 Å². The molecule has 1 amide bonds. The topological polar surface area (TPSA) is 66.5 Å². The molecule has 0 saturated heterocycles. The zero-order chi connectivity index (χ0) is 21.6. The van der Waals surface area contributed by atoms with Gasteiger partial charge in [-0.3, -0.25) is 9.10 Å². The number of hydrogen-bond donors (Lipinski definition) is 1. The quantitative estimate of drug-likeness (QED) is 0.507. The molecule has 0 unspecified atom stereocenters. The van der Waals surface area contributed by atoms with E-state index >= 15 is 0 Å². The van der Waals surface area contributed by atoms with Crippen LogP contribution in [0, 0.1) is 0 Å². The summed E-state index contributed by atoms with van der Waals surface area (Å²) in [5, 5.41) is 4.02. The van der Waals surface area contributed by atoms with Gasteiger partial charge in [-0.15, -0.1) is 0 Å². The van der Waals surface area contributed by atoms with Crippen LogP contribution in [0.5, 0.6) is 0 Å². The number of benzene rings is 2. The molecule has 162 valence electrons. The fraction of sp³-hybridized carbons (Fsp3) is 0.381. The standard InChI is InChI=1S/C21H24Cl2N2O3S2/c22-16-10-11-19(23)20(14-16)25(30(27,28)18-8-2-1-3-9-18)15-21(26)24-12-13-29-17-6-4-5-7-17/h1-3,8-11,14,17H,4-7,12-13,15H2,(H,24,26). The summed E-state index contributed by atoms with van der Waals surface area (Å²) in [6.45, 7) is 0.105. The summed E-state index contributed by atoms with van der Waals surface area (Å²) in [7, 11) is -4.01. The highest BCUT2D eigenvalue weighted by atomic mass is 35.5. The SMILES string of the molecule is O=C(CN(c1cc(Cl)ccc1Cl)S(=O)(=O)c1ccccc1)NCCSC1CCCC1. The Bertz CT molecular complexity index is 965. The summed E-state index contributed by atoms with van der Waals surface area (Å²) in [5.41, 5.74) is 0.170. The normalized spacial score (nSPS) is 14.6. The van der Waals surface area contributed by atoms with Crippen LogP contribution in [0.3, 0.4) is 0 Å². The minimum Gasteiger partial charge on any atom is -0.354 e. The predicted molar refractivity (Wildman–Crippen MR) is 125 cm³/mol. The molecule has 9 heteroatoms. The van der Waals surface area contributed by atoms with Gasteiger partial charge in [0.2, 0.25) is 5.91 Å². The minimum atomic E-state index is -4.01. The molecule has 0 heterocycles. The maximum absolute atomic E-state index is 13.3. The average molecular weight is 487 g/mol. The lowest BCUT2D eigenvalue weighted by Crippen LogP contribution is -2.41. The molecule has 3 rings (SSSR count). The first-order valence-electron chi connectivity index (χ1n) is 9.79. The number of hydrogen-bond acceptors (Lipinski definition) is 4. The lowest BCUT2D eigenvalue weighted by Gasteiger charge is -2.25. The molecular formula is C21H24Cl2N2O3S2. The van der Waals surface area contributed by atoms with E-state index in [4.69, 9.17) is 23.2 Å². The minimum absolute atomic E-state index is 0.0747. The van der Waals surface area contributed by atoms with Crippen LogP contribution in [-0.2, 0) is 14.8 Å². The van der Waals surface area contributed by atoms with Crippen molar-refractivity contribution in [1.82, 2.24) is 5.32 Å². The van der Waals surface area contributed by atoms with Gasteiger partial charge in [-0.2, -0.15) is 11.8 Å². The first-order valence-corrected chi connectivity index (χ1v) is 13.0. The summed E-state index contributed by atoms with van der Waals surface area (Å²) in [6, 6.07) is 12.5. The fourth-order valence-corrected chi connectivity index (χ4v) is 6.46. The second-order valence-corrected chi connectivity index (χ2v) is 11.2. The van der Waals surface area contributed by atoms with E-state index < -0.39 is 15.9 Å². The van der Waals surface area contributed by atoms with Crippen LogP contribution in [0.15, 0.2) is 53.4 Å². The van der Waals surface area contributed by atoms with Crippen molar-refractivity contribution in [2.45, 2.75) is 35.8 Å². The molecule has 1 N–H and O–H groups in total. The lowest BCUT2D eigenvalue weighted by atomic mass is 10.3. The third-order valence-corrected chi connectivity index (χ3v) is 8.59. The van der Waals surface area contributed by atoms with Gasteiger partial charge in [-0.25, -0.2) is 8.42 Å². The Kier molecular flexibility index (Phi) is 8.34. The largest absolute Gasteiger partial charge is 0.354 e. The van der Waals surface area contributed by atoms with E-state index in [1.165, 1.54) is 49.9 Å². The van der Waals surface area contributed by atoms with Gasteiger partial charge in [0, 0.05) is 22.6 Å². The molecule has 0 aliphatic heterocycles. The van der Waals surface area contributed by atoms with Crippen LogP contribution in [-0.4, -0.2) is 38.4 Å². The van der Waals surface area contributed by atoms with Gasteiger partial charge in [0.15, 0.2) is 0 Å². The van der Waals surface area contributed by atoms with Gasteiger partial charge in [0.05, 0.1) is 15.6 Å². The highest BCUT2D eigenvalue weighted by Gasteiger charge is 2.29. The number of amides is 1. The van der Waals surface area contributed by atoms with Crippen LogP contribution >= 0.6 is 35.0 Å². The molecule has 30 heavy (non-hydrogen) atoms. The van der Waals surface area contributed by atoms with Crippen LogP contribution in [0.4, 0.5) is 5.69 Å². The Morgan fingerprint density at radius 1 is 1.10 bits per heavy atom. The van der Waals surface area contributed by atoms with Crippen molar-refractivity contribution in [3.8, 4) is 0 Å². The molecule has 1 aliphatic rings. The van der Waals surface area contributed by atoms with Crippen LogP contribution < -0.4 is 9.62 Å². The highest BCUT2D eigenvalue weighted by Crippen LogP contribution is 2.33. The molecule has 0 spiro atoms. The number of nitrogens with zero attached hydrogens (tertiary/aromatic N) is 1. The molecule has 0 aromatic heterocycles. The molecule has 1 fully saturated rings. The van der Waals surface area contributed by atoms with E-state index in [9.17, 15) is 13.2 Å². The summed E-state index contributed by atoms with van der Waals surface area (Å²) >= 11 is 14.2. The molecule has 0 bridgehead atoms. The molecular weight excluding hydrogens is 463 g/mol. The molecule has 5 nitrogen and oxygen atoms in total. The maximum Gasteiger partial charge on any atom is 0.264 e. The van der Waals surface area contributed by atoms with E-state index in [1.807, 2.05) is 11.8 Å². The van der Waals surface area contributed by atoms with Gasteiger partial charge in [-0.1, -0.05) is 54.2 Å². The van der Waals surface area contributed by atoms with Gasteiger partial charge in [0.25, 0.3) is 10.0 Å². The van der Waals surface area contributed by atoms with Gasteiger partial charge < -0.3 is 5.32 Å². The van der Waals surface area contributed by atoms with E-state index in [-0.39, 0.29) is 22.2 Å². The summed E-state index contributed by atoms with van der Waals surface area (Å²) in [5.74, 6) is 0.414. The fourth-order valence-electron chi connectivity index (χ4n) is 3.35. The van der Waals surface area contributed by atoms with Crippen molar-refractivity contribution in [3.63, 3.8) is 0 Å². The maximum atomic E-state index is 13.3. The molecule has 2 aromatic carbocycles. The monoisotopic (exact) mass is 486 g/mol. The third kappa shape index (κ3) is 6.06. The summed E-state index contributed by atoms with van der Waals surface area (Å²) in [4.78, 5) is 12.7. The number of anilines is 1. The van der Waals surface area contributed by atoms with Gasteiger partial charge in [-0.05, 0) is 43.2 Å².